The zero-order chi connectivity index (χ0) is 80.8. The van der Waals surface area contributed by atoms with E-state index in [1.807, 2.05) is 0 Å². The molecule has 0 rings (SSSR count). The fourth-order valence-electron chi connectivity index (χ4n) is 12.1. The Morgan fingerprint density at radius 1 is 0.261 bits per heavy atom. The lowest BCUT2D eigenvalue weighted by Crippen LogP contribution is -2.30. The van der Waals surface area contributed by atoms with Gasteiger partial charge in [0, 0.05) is 19.3 Å². The number of esters is 3. The number of phosphoric acid groups is 2. The Kier molecular flexibility index (Phi) is 81.8. The van der Waals surface area contributed by atoms with Gasteiger partial charge in [0.25, 0.3) is 0 Å². The number of hydrogen-bond donors (Lipinski definition) is 4. The summed E-state index contributed by atoms with van der Waals surface area (Å²) in [5.74, 6) is -1.58. The number of unbranched alkanes of at least 4 members (excludes halogenated alkanes) is 39. The van der Waals surface area contributed by atoms with Crippen LogP contribution in [0, 0.1) is 0 Å². The van der Waals surface area contributed by atoms with Gasteiger partial charge in [-0.25, -0.2) is 9.13 Å². The predicted octanol–water partition coefficient (Wildman–Crippen LogP) is 27.0. The molecule has 0 saturated carbocycles. The van der Waals surface area contributed by atoms with E-state index in [-0.39, 0.29) is 19.3 Å². The molecule has 111 heavy (non-hydrogen) atoms. The van der Waals surface area contributed by atoms with Crippen LogP contribution >= 0.6 is 15.6 Å². The van der Waals surface area contributed by atoms with E-state index in [4.69, 9.17) is 32.3 Å². The van der Waals surface area contributed by atoms with Gasteiger partial charge in [-0.2, -0.15) is 0 Å². The summed E-state index contributed by atoms with van der Waals surface area (Å²) in [6, 6.07) is 0. The largest absolute Gasteiger partial charge is 0.472 e. The van der Waals surface area contributed by atoms with Crippen LogP contribution < -0.4 is 0 Å². The number of aliphatic hydroxyl groups excluding tert-OH is 2. The first-order chi connectivity index (χ1) is 54.2. The number of carbonyl (C=O) groups is 3. The van der Waals surface area contributed by atoms with Crippen molar-refractivity contribution in [2.75, 3.05) is 39.6 Å². The van der Waals surface area contributed by atoms with Crippen molar-refractivity contribution < 1.29 is 75.8 Å². The molecule has 4 N–H and O–H groups in total. The number of rotatable bonds is 84. The average Bonchev–Trinajstić information content (AvgIpc) is 0.902. The first kappa shape index (κ1) is 107. The van der Waals surface area contributed by atoms with Crippen LogP contribution in [0.4, 0.5) is 0 Å². The van der Waals surface area contributed by atoms with Crippen molar-refractivity contribution in [1.82, 2.24) is 0 Å². The van der Waals surface area contributed by atoms with E-state index in [1.54, 1.807) is 0 Å². The number of ether oxygens (including phenoxy) is 3. The maximum Gasteiger partial charge on any atom is 0.472 e. The van der Waals surface area contributed by atoms with Gasteiger partial charge in [0.05, 0.1) is 26.4 Å². The summed E-state index contributed by atoms with van der Waals surface area (Å²) in [7, 11) is -9.79. The molecule has 0 bridgehead atoms. The molecule has 18 heteroatoms. The van der Waals surface area contributed by atoms with Gasteiger partial charge in [0.2, 0.25) is 0 Å². The maximum atomic E-state index is 12.9. The van der Waals surface area contributed by atoms with Crippen LogP contribution in [-0.4, -0.2) is 95.9 Å². The average molecular weight is 1600 g/mol. The molecule has 0 aliphatic carbocycles. The second-order valence-electron chi connectivity index (χ2n) is 29.7. The van der Waals surface area contributed by atoms with Crippen LogP contribution in [0.5, 0.6) is 0 Å². The molecule has 16 nitrogen and oxygen atoms in total. The van der Waals surface area contributed by atoms with Crippen molar-refractivity contribution >= 4 is 33.6 Å². The highest BCUT2D eigenvalue weighted by Crippen LogP contribution is 2.45. The van der Waals surface area contributed by atoms with Crippen LogP contribution in [0.2, 0.25) is 0 Å². The lowest BCUT2D eigenvalue weighted by Gasteiger charge is -2.21. The minimum atomic E-state index is -4.93. The lowest BCUT2D eigenvalue weighted by atomic mass is 10.0. The Morgan fingerprint density at radius 3 is 0.793 bits per heavy atom. The summed E-state index contributed by atoms with van der Waals surface area (Å²) >= 11 is 0. The highest BCUT2D eigenvalue weighted by Gasteiger charge is 2.29. The summed E-state index contributed by atoms with van der Waals surface area (Å²) in [5, 5.41) is 20.7. The van der Waals surface area contributed by atoms with Gasteiger partial charge in [-0.15, -0.1) is 0 Å². The van der Waals surface area contributed by atoms with Gasteiger partial charge in [-0.1, -0.05) is 360 Å². The highest BCUT2D eigenvalue weighted by molar-refractivity contribution is 7.47. The molecule has 0 aromatic carbocycles. The normalized spacial score (nSPS) is 14.5. The van der Waals surface area contributed by atoms with Gasteiger partial charge < -0.3 is 34.2 Å². The molecule has 640 valence electrons. The van der Waals surface area contributed by atoms with Gasteiger partial charge in [0.15, 0.2) is 6.10 Å². The summed E-state index contributed by atoms with van der Waals surface area (Å²) < 4.78 is 61.2. The van der Waals surface area contributed by atoms with E-state index in [0.29, 0.717) is 19.3 Å². The molecule has 0 aromatic rings. The van der Waals surface area contributed by atoms with Crippen molar-refractivity contribution in [1.29, 1.82) is 0 Å². The van der Waals surface area contributed by atoms with Gasteiger partial charge in [-0.3, -0.25) is 32.5 Å². The fraction of sp³-hybridized carbons (Fsp3) is 0.731. The number of carbonyl (C=O) groups excluding carboxylic acids is 3. The standard InChI is InChI=1S/C93H162O16P2/c1-4-7-10-13-16-19-22-24-26-28-30-32-34-36-38-40-41-42-43-44-45-47-49-50-52-54-56-58-60-62-65-67-70-73-76-79-91(96)103-82-88(94)83-105-110(99,100)106-84-89(95)85-107-111(101,102)108-87-90(109-93(98)81-78-75-72-69-64-21-18-15-12-9-6-3)86-104-92(97)80-77-74-71-68-66-63-61-59-57-55-53-51-48-46-39-37-35-33-31-29-27-25-23-20-17-14-11-8-5-2/h8,11,15-20,24-27,30-33,36-39,48,51,88-90,94-95H,4-7,9-10,12-14,21-23,28-29,34-35,40-47,49-50,52-87H2,1-3H3,(H,99,100)(H,101,102)/b11-8-,18-15-,19-16-,20-17-,26-24-,27-25-,32-30-,33-31-,38-36-,39-37-,51-48-. The molecule has 0 saturated heterocycles. The van der Waals surface area contributed by atoms with E-state index in [0.717, 1.165) is 148 Å². The SMILES string of the molecule is CC/C=C\C/C=C\C/C=C\C/C=C\C/C=C\C/C=C\CCCCCCCCCCCCC(=O)OCC(COP(=O)(O)OCC(O)COP(=O)(O)OCC(O)COC(=O)CCCCCCCCCCCCCCCCCCCCC/C=C\C/C=C\C/C=C\C/C=C\CCCCC)OC(=O)CCCCCCC/C=C\CCCC. The van der Waals surface area contributed by atoms with Crippen LogP contribution in [-0.2, 0) is 55.8 Å². The summed E-state index contributed by atoms with van der Waals surface area (Å²) in [5.41, 5.74) is 0. The van der Waals surface area contributed by atoms with Gasteiger partial charge in [0.1, 0.15) is 25.4 Å². The maximum absolute atomic E-state index is 12.9. The number of hydrogen-bond acceptors (Lipinski definition) is 14. The smallest absolute Gasteiger partial charge is 0.463 e. The number of phosphoric ester groups is 2. The minimum absolute atomic E-state index is 0.0919. The highest BCUT2D eigenvalue weighted by atomic mass is 31.2. The molecule has 0 aliphatic heterocycles. The van der Waals surface area contributed by atoms with Gasteiger partial charge in [-0.05, 0) is 135 Å². The van der Waals surface area contributed by atoms with E-state index in [9.17, 15) is 43.5 Å². The first-order valence-corrected chi connectivity index (χ1v) is 47.5. The van der Waals surface area contributed by atoms with Crippen LogP contribution in [0.25, 0.3) is 0 Å². The van der Waals surface area contributed by atoms with Crippen LogP contribution in [0.3, 0.4) is 0 Å². The van der Waals surface area contributed by atoms with E-state index in [2.05, 4.69) is 154 Å². The molecule has 0 aromatic heterocycles. The van der Waals surface area contributed by atoms with Gasteiger partial charge >= 0.3 is 33.6 Å². The molecule has 0 fully saturated rings. The number of aliphatic hydroxyl groups is 2. The van der Waals surface area contributed by atoms with Crippen molar-refractivity contribution in [3.05, 3.63) is 134 Å². The van der Waals surface area contributed by atoms with E-state index < -0.39 is 91.5 Å². The summed E-state index contributed by atoms with van der Waals surface area (Å²) in [6.07, 6.45) is 105. The Labute approximate surface area is 677 Å². The molecular formula is C93H162O16P2. The molecule has 0 heterocycles. The van der Waals surface area contributed by atoms with Crippen LogP contribution in [0.1, 0.15) is 380 Å². The van der Waals surface area contributed by atoms with E-state index in [1.165, 1.54) is 173 Å². The Hall–Kier alpha value is -4.31. The van der Waals surface area contributed by atoms with Crippen molar-refractivity contribution in [3.63, 3.8) is 0 Å². The first-order valence-electron chi connectivity index (χ1n) is 44.5. The topological polar surface area (TPSA) is 231 Å². The lowest BCUT2D eigenvalue weighted by molar-refractivity contribution is -0.161. The Balaban J connectivity index is 4.34. The van der Waals surface area contributed by atoms with Crippen molar-refractivity contribution in [3.8, 4) is 0 Å². The second-order valence-corrected chi connectivity index (χ2v) is 32.6. The monoisotopic (exact) mass is 1600 g/mol. The molecule has 5 atom stereocenters. The third-order valence-electron chi connectivity index (χ3n) is 18.8. The molecule has 0 radical (unpaired) electrons. The van der Waals surface area contributed by atoms with Crippen molar-refractivity contribution in [2.24, 2.45) is 0 Å². The molecule has 0 spiro atoms. The Morgan fingerprint density at radius 2 is 0.486 bits per heavy atom. The Bertz CT molecular complexity index is 2550. The zero-order valence-electron chi connectivity index (χ0n) is 70.4. The second kappa shape index (κ2) is 85.1. The quantitative estimate of drug-likeness (QED) is 0.0146. The van der Waals surface area contributed by atoms with Crippen LogP contribution in [0.15, 0.2) is 134 Å². The van der Waals surface area contributed by atoms with Crippen molar-refractivity contribution in [2.45, 2.75) is 399 Å². The fourth-order valence-corrected chi connectivity index (χ4v) is 13.7. The summed E-state index contributed by atoms with van der Waals surface area (Å²) in [4.78, 5) is 58.7. The summed E-state index contributed by atoms with van der Waals surface area (Å²) in [6.45, 7) is 2.52. The third-order valence-corrected chi connectivity index (χ3v) is 20.7. The third kappa shape index (κ3) is 86.4. The van der Waals surface area contributed by atoms with E-state index >= 15 is 0 Å². The molecular weight excluding hydrogens is 1430 g/mol. The zero-order valence-corrected chi connectivity index (χ0v) is 72.1. The predicted molar refractivity (Wildman–Crippen MR) is 463 cm³/mol. The minimum Gasteiger partial charge on any atom is -0.463 e. The molecule has 0 amide bonds. The molecule has 0 aliphatic rings. The molecule has 5 unspecified atom stereocenters. The number of allylic oxidation sites excluding steroid dienone is 22.